The van der Waals surface area contributed by atoms with E-state index in [1.54, 1.807) is 11.0 Å². The molecule has 1 aromatic heterocycles. The summed E-state index contributed by atoms with van der Waals surface area (Å²) in [6.45, 7) is 0.613. The monoisotopic (exact) mass is 340 g/mol. The van der Waals surface area contributed by atoms with Crippen LogP contribution in [0.2, 0.25) is 5.02 Å². The molecule has 0 fully saturated rings. The summed E-state index contributed by atoms with van der Waals surface area (Å²) in [6.07, 6.45) is 3.48. The van der Waals surface area contributed by atoms with Gasteiger partial charge in [-0.15, -0.1) is 0 Å². The molecule has 0 amide bonds. The molecule has 3 aromatic rings. The van der Waals surface area contributed by atoms with Gasteiger partial charge in [0.15, 0.2) is 0 Å². The maximum atomic E-state index is 10.5. The molecular weight excluding hydrogens is 324 g/mol. The van der Waals surface area contributed by atoms with Gasteiger partial charge in [-0.1, -0.05) is 41.9 Å². The lowest BCUT2D eigenvalue weighted by Gasteiger charge is -2.18. The first-order chi connectivity index (χ1) is 11.7. The summed E-state index contributed by atoms with van der Waals surface area (Å²) in [6, 6.07) is 13.7. The zero-order chi connectivity index (χ0) is 16.5. The molecule has 0 aliphatic heterocycles. The molecule has 1 heterocycles. The van der Waals surface area contributed by atoms with E-state index in [0.29, 0.717) is 11.6 Å². The molecule has 0 unspecified atom stereocenters. The third-order valence-electron chi connectivity index (χ3n) is 4.46. The Morgan fingerprint density at radius 3 is 2.92 bits per heavy atom. The van der Waals surface area contributed by atoms with Gasteiger partial charge in [-0.05, 0) is 35.2 Å². The van der Waals surface area contributed by atoms with Crippen molar-refractivity contribution in [2.75, 3.05) is 0 Å². The maximum Gasteiger partial charge on any atom is 0.138 e. The molecular formula is C18H17ClN4O. The van der Waals surface area contributed by atoms with Crippen molar-refractivity contribution in [2.45, 2.75) is 25.1 Å². The van der Waals surface area contributed by atoms with Gasteiger partial charge in [0.05, 0.1) is 11.8 Å². The van der Waals surface area contributed by atoms with Crippen LogP contribution in [0.5, 0.6) is 0 Å². The number of benzene rings is 2. The molecule has 122 valence electrons. The van der Waals surface area contributed by atoms with Gasteiger partial charge in [0.1, 0.15) is 12.7 Å². The van der Waals surface area contributed by atoms with E-state index in [9.17, 15) is 5.11 Å². The highest BCUT2D eigenvalue weighted by atomic mass is 35.5. The van der Waals surface area contributed by atoms with E-state index in [1.165, 1.54) is 11.9 Å². The lowest BCUT2D eigenvalue weighted by atomic mass is 10.1. The molecule has 2 N–H and O–H groups in total. The molecule has 5 nitrogen and oxygen atoms in total. The summed E-state index contributed by atoms with van der Waals surface area (Å²) in [7, 11) is 0. The normalized spacial score (nSPS) is 19.4. The Bertz CT molecular complexity index is 850. The van der Waals surface area contributed by atoms with E-state index >= 15 is 0 Å². The average Bonchev–Trinajstić information content (AvgIpc) is 3.23. The maximum absolute atomic E-state index is 10.5. The molecule has 24 heavy (non-hydrogen) atoms. The lowest BCUT2D eigenvalue weighted by molar-refractivity contribution is 0.141. The van der Waals surface area contributed by atoms with E-state index in [0.717, 1.165) is 23.2 Å². The Hall–Kier alpha value is -2.21. The first-order valence-corrected chi connectivity index (χ1v) is 8.23. The summed E-state index contributed by atoms with van der Waals surface area (Å²) in [5.74, 6) is 0. The molecule has 0 saturated heterocycles. The zero-order valence-corrected chi connectivity index (χ0v) is 13.7. The third-order valence-corrected chi connectivity index (χ3v) is 4.70. The molecule has 1 aliphatic carbocycles. The van der Waals surface area contributed by atoms with Crippen LogP contribution in [0, 0.1) is 0 Å². The van der Waals surface area contributed by atoms with Crippen LogP contribution in [-0.2, 0) is 13.0 Å². The molecule has 0 bridgehead atoms. The Morgan fingerprint density at radius 1 is 1.25 bits per heavy atom. The van der Waals surface area contributed by atoms with Gasteiger partial charge < -0.3 is 10.4 Å². The van der Waals surface area contributed by atoms with Gasteiger partial charge >= 0.3 is 0 Å². The summed E-state index contributed by atoms with van der Waals surface area (Å²) in [4.78, 5) is 3.99. The third kappa shape index (κ3) is 2.82. The Morgan fingerprint density at radius 2 is 2.12 bits per heavy atom. The van der Waals surface area contributed by atoms with Crippen LogP contribution in [0.4, 0.5) is 0 Å². The zero-order valence-electron chi connectivity index (χ0n) is 12.9. The second kappa shape index (κ2) is 6.36. The lowest BCUT2D eigenvalue weighted by Crippen LogP contribution is -2.32. The number of rotatable bonds is 4. The van der Waals surface area contributed by atoms with Crippen LogP contribution in [0.1, 0.15) is 22.8 Å². The van der Waals surface area contributed by atoms with Crippen LogP contribution in [0.15, 0.2) is 55.1 Å². The predicted molar refractivity (Wildman–Crippen MR) is 92.1 cm³/mol. The minimum absolute atomic E-state index is 0.00155. The highest BCUT2D eigenvalue weighted by Gasteiger charge is 2.30. The van der Waals surface area contributed by atoms with Crippen molar-refractivity contribution < 1.29 is 5.11 Å². The Kier molecular flexibility index (Phi) is 4.06. The molecule has 0 radical (unpaired) electrons. The fourth-order valence-corrected chi connectivity index (χ4v) is 3.40. The van der Waals surface area contributed by atoms with E-state index in [-0.39, 0.29) is 6.04 Å². The summed E-state index contributed by atoms with van der Waals surface area (Å²) in [5.41, 5.74) is 4.16. The summed E-state index contributed by atoms with van der Waals surface area (Å²) in [5, 5.41) is 18.8. The van der Waals surface area contributed by atoms with Crippen LogP contribution >= 0.6 is 11.6 Å². The van der Waals surface area contributed by atoms with Crippen molar-refractivity contribution in [2.24, 2.45) is 0 Å². The minimum atomic E-state index is -0.483. The molecule has 0 spiro atoms. The number of nitrogens with one attached hydrogen (secondary N) is 1. The number of fused-ring (bicyclic) bond motifs is 1. The van der Waals surface area contributed by atoms with Crippen molar-refractivity contribution in [3.8, 4) is 5.69 Å². The van der Waals surface area contributed by atoms with Crippen LogP contribution in [-0.4, -0.2) is 25.9 Å². The highest BCUT2D eigenvalue weighted by Crippen LogP contribution is 2.31. The minimum Gasteiger partial charge on any atom is -0.387 e. The Labute approximate surface area is 144 Å². The number of aromatic nitrogens is 3. The van der Waals surface area contributed by atoms with Gasteiger partial charge in [-0.2, -0.15) is 5.10 Å². The quantitative estimate of drug-likeness (QED) is 0.766. The van der Waals surface area contributed by atoms with Gasteiger partial charge in [-0.25, -0.2) is 9.67 Å². The van der Waals surface area contributed by atoms with Gasteiger partial charge in [-0.3, -0.25) is 0 Å². The van der Waals surface area contributed by atoms with Crippen molar-refractivity contribution in [1.82, 2.24) is 20.1 Å². The van der Waals surface area contributed by atoms with E-state index in [1.807, 2.05) is 36.4 Å². The first kappa shape index (κ1) is 15.3. The summed E-state index contributed by atoms with van der Waals surface area (Å²) >= 11 is 6.12. The molecule has 0 saturated carbocycles. The van der Waals surface area contributed by atoms with Crippen molar-refractivity contribution in [3.63, 3.8) is 0 Å². The van der Waals surface area contributed by atoms with Crippen molar-refractivity contribution in [3.05, 3.63) is 76.8 Å². The highest BCUT2D eigenvalue weighted by molar-refractivity contribution is 6.30. The SMILES string of the molecule is O[C@@H]1c2ccccc2C[C@@H]1NCc1ccc(Cl)cc1-n1cncn1. The molecule has 4 rings (SSSR count). The van der Waals surface area contributed by atoms with Crippen molar-refractivity contribution >= 4 is 11.6 Å². The summed E-state index contributed by atoms with van der Waals surface area (Å²) < 4.78 is 1.70. The number of nitrogens with zero attached hydrogens (tertiary/aromatic N) is 3. The van der Waals surface area contributed by atoms with Crippen LogP contribution in [0.25, 0.3) is 5.69 Å². The number of halogens is 1. The molecule has 2 aromatic carbocycles. The number of hydrogen-bond acceptors (Lipinski definition) is 4. The van der Waals surface area contributed by atoms with Crippen LogP contribution < -0.4 is 5.32 Å². The fourth-order valence-electron chi connectivity index (χ4n) is 3.23. The van der Waals surface area contributed by atoms with Gasteiger partial charge in [0, 0.05) is 17.6 Å². The number of hydrogen-bond donors (Lipinski definition) is 2. The number of aliphatic hydroxyl groups is 1. The van der Waals surface area contributed by atoms with E-state index in [4.69, 9.17) is 11.6 Å². The van der Waals surface area contributed by atoms with E-state index in [2.05, 4.69) is 21.5 Å². The number of aliphatic hydroxyl groups excluding tert-OH is 1. The Balaban J connectivity index is 1.53. The second-order valence-corrected chi connectivity index (χ2v) is 6.38. The molecule has 6 heteroatoms. The first-order valence-electron chi connectivity index (χ1n) is 7.85. The van der Waals surface area contributed by atoms with E-state index < -0.39 is 6.10 Å². The largest absolute Gasteiger partial charge is 0.387 e. The topological polar surface area (TPSA) is 63.0 Å². The molecule has 2 atom stereocenters. The van der Waals surface area contributed by atoms with Gasteiger partial charge in [0.25, 0.3) is 0 Å². The van der Waals surface area contributed by atoms with Crippen molar-refractivity contribution in [1.29, 1.82) is 0 Å². The fraction of sp³-hybridized carbons (Fsp3) is 0.222. The van der Waals surface area contributed by atoms with Crippen LogP contribution in [0.3, 0.4) is 0 Å². The molecule has 1 aliphatic rings. The standard InChI is InChI=1S/C18H17ClN4O/c19-14-6-5-13(17(8-14)23-11-20-10-22-23)9-21-16-7-12-3-1-2-4-15(12)18(16)24/h1-6,8,10-11,16,18,21,24H,7,9H2/t16-,18+/m0/s1. The average molecular weight is 341 g/mol. The second-order valence-electron chi connectivity index (χ2n) is 5.95. The van der Waals surface area contributed by atoms with Gasteiger partial charge in [0.2, 0.25) is 0 Å². The smallest absolute Gasteiger partial charge is 0.138 e. The predicted octanol–water partition coefficient (Wildman–Crippen LogP) is 2.67.